The Morgan fingerprint density at radius 1 is 1.40 bits per heavy atom. The lowest BCUT2D eigenvalue weighted by atomic mass is 9.91. The molecule has 0 radical (unpaired) electrons. The van der Waals surface area contributed by atoms with E-state index >= 15 is 0 Å². The van der Waals surface area contributed by atoms with Gasteiger partial charge in [-0.25, -0.2) is 13.5 Å². The average Bonchev–Trinajstić information content (AvgIpc) is 2.79. The molecular formula is C15H17F2N3. The smallest absolute Gasteiger partial charge is 0.151 e. The summed E-state index contributed by atoms with van der Waals surface area (Å²) < 4.78 is 28.6. The fourth-order valence-corrected chi connectivity index (χ4v) is 2.93. The Morgan fingerprint density at radius 3 is 2.90 bits per heavy atom. The molecule has 1 aliphatic carbocycles. The van der Waals surface area contributed by atoms with Crippen LogP contribution < -0.4 is 5.73 Å². The average molecular weight is 277 g/mol. The van der Waals surface area contributed by atoms with Gasteiger partial charge in [0.25, 0.3) is 0 Å². The minimum absolute atomic E-state index is 0.0361. The van der Waals surface area contributed by atoms with Gasteiger partial charge in [0.15, 0.2) is 5.82 Å². The van der Waals surface area contributed by atoms with Crippen LogP contribution in [-0.4, -0.2) is 9.78 Å². The number of aryl methyl sites for hydroxylation is 1. The fourth-order valence-electron chi connectivity index (χ4n) is 2.93. The van der Waals surface area contributed by atoms with E-state index in [9.17, 15) is 8.78 Å². The second kappa shape index (κ2) is 4.98. The highest BCUT2D eigenvalue weighted by atomic mass is 19.1. The van der Waals surface area contributed by atoms with Gasteiger partial charge < -0.3 is 5.73 Å². The zero-order valence-corrected chi connectivity index (χ0v) is 11.4. The molecule has 3 rings (SSSR count). The van der Waals surface area contributed by atoms with E-state index in [2.05, 4.69) is 5.10 Å². The molecule has 1 aromatic carbocycles. The molecular weight excluding hydrogens is 260 g/mol. The minimum atomic E-state index is -0.600. The third-order valence-corrected chi connectivity index (χ3v) is 3.87. The van der Waals surface area contributed by atoms with Crippen LogP contribution in [-0.2, 0) is 12.8 Å². The molecule has 0 fully saturated rings. The Morgan fingerprint density at radius 2 is 2.20 bits per heavy atom. The van der Waals surface area contributed by atoms with Gasteiger partial charge >= 0.3 is 0 Å². The lowest BCUT2D eigenvalue weighted by molar-refractivity contribution is 0.546. The molecule has 2 aromatic rings. The standard InChI is InChI=1S/C15H17F2N3/c1-2-12-15-11(18)4-3-5-14(15)20(19-12)13-7-6-9(16)8-10(13)17/h6-8,11H,2-5,18H2,1H3. The number of rotatable bonds is 2. The maximum atomic E-state index is 14.0. The first-order valence-electron chi connectivity index (χ1n) is 6.93. The van der Waals surface area contributed by atoms with E-state index in [1.54, 1.807) is 4.68 Å². The molecule has 1 aromatic heterocycles. The number of nitrogens with two attached hydrogens (primary N) is 1. The Balaban J connectivity index is 2.19. The zero-order chi connectivity index (χ0) is 14.3. The van der Waals surface area contributed by atoms with E-state index < -0.39 is 11.6 Å². The zero-order valence-electron chi connectivity index (χ0n) is 11.4. The van der Waals surface area contributed by atoms with E-state index in [-0.39, 0.29) is 11.7 Å². The van der Waals surface area contributed by atoms with Gasteiger partial charge in [-0.2, -0.15) is 5.10 Å². The van der Waals surface area contributed by atoms with Crippen LogP contribution in [0.15, 0.2) is 18.2 Å². The van der Waals surface area contributed by atoms with E-state index in [1.165, 1.54) is 12.1 Å². The van der Waals surface area contributed by atoms with E-state index in [4.69, 9.17) is 5.73 Å². The van der Waals surface area contributed by atoms with Gasteiger partial charge in [0.1, 0.15) is 11.5 Å². The topological polar surface area (TPSA) is 43.8 Å². The normalized spacial score (nSPS) is 18.1. The number of nitrogens with zero attached hydrogens (tertiary/aromatic N) is 2. The summed E-state index contributed by atoms with van der Waals surface area (Å²) in [5.41, 5.74) is 9.38. The van der Waals surface area contributed by atoms with Crippen LogP contribution in [0, 0.1) is 11.6 Å². The highest BCUT2D eigenvalue weighted by Gasteiger charge is 2.26. The first kappa shape index (κ1) is 13.2. The molecule has 1 aliphatic rings. The largest absolute Gasteiger partial charge is 0.324 e. The van der Waals surface area contributed by atoms with Gasteiger partial charge in [0.05, 0.1) is 5.69 Å². The molecule has 1 heterocycles. The summed E-state index contributed by atoms with van der Waals surface area (Å²) in [6.07, 6.45) is 3.47. The van der Waals surface area contributed by atoms with Crippen molar-refractivity contribution in [3.63, 3.8) is 0 Å². The fraction of sp³-hybridized carbons (Fsp3) is 0.400. The van der Waals surface area contributed by atoms with Crippen LogP contribution in [0.4, 0.5) is 8.78 Å². The molecule has 0 bridgehead atoms. The number of halogens is 2. The molecule has 2 N–H and O–H groups in total. The molecule has 0 saturated carbocycles. The van der Waals surface area contributed by atoms with Gasteiger partial charge in [-0.05, 0) is 37.8 Å². The Labute approximate surface area is 116 Å². The summed E-state index contributed by atoms with van der Waals surface area (Å²) in [6.45, 7) is 2.01. The minimum Gasteiger partial charge on any atom is -0.324 e. The third kappa shape index (κ3) is 2.02. The molecule has 1 atom stereocenters. The van der Waals surface area contributed by atoms with Crippen molar-refractivity contribution in [1.82, 2.24) is 9.78 Å². The summed E-state index contributed by atoms with van der Waals surface area (Å²) in [6, 6.07) is 3.53. The molecule has 3 nitrogen and oxygen atoms in total. The van der Waals surface area contributed by atoms with Gasteiger partial charge in [-0.15, -0.1) is 0 Å². The van der Waals surface area contributed by atoms with Crippen molar-refractivity contribution in [2.24, 2.45) is 5.73 Å². The van der Waals surface area contributed by atoms with Crippen LogP contribution in [0.3, 0.4) is 0 Å². The molecule has 1 unspecified atom stereocenters. The Hall–Kier alpha value is -1.75. The highest BCUT2D eigenvalue weighted by molar-refractivity contribution is 5.41. The second-order valence-corrected chi connectivity index (χ2v) is 5.17. The van der Waals surface area contributed by atoms with Gasteiger partial charge in [-0.1, -0.05) is 6.92 Å². The van der Waals surface area contributed by atoms with Crippen molar-refractivity contribution >= 4 is 0 Å². The second-order valence-electron chi connectivity index (χ2n) is 5.17. The van der Waals surface area contributed by atoms with E-state index in [1.807, 2.05) is 6.92 Å². The summed E-state index contributed by atoms with van der Waals surface area (Å²) in [4.78, 5) is 0. The van der Waals surface area contributed by atoms with Crippen LogP contribution in [0.1, 0.15) is 42.8 Å². The SMILES string of the molecule is CCc1nn(-c2ccc(F)cc2F)c2c1C(N)CCC2. The third-order valence-electron chi connectivity index (χ3n) is 3.87. The summed E-state index contributed by atoms with van der Waals surface area (Å²) in [5.74, 6) is -1.18. The predicted octanol–water partition coefficient (Wildman–Crippen LogP) is 3.05. The van der Waals surface area contributed by atoms with E-state index in [0.717, 1.165) is 48.7 Å². The van der Waals surface area contributed by atoms with Crippen molar-refractivity contribution in [3.05, 3.63) is 46.8 Å². The number of aromatic nitrogens is 2. The van der Waals surface area contributed by atoms with Crippen LogP contribution >= 0.6 is 0 Å². The Bertz CT molecular complexity index is 649. The predicted molar refractivity (Wildman–Crippen MR) is 72.7 cm³/mol. The molecule has 0 spiro atoms. The number of hydrogen-bond donors (Lipinski definition) is 1. The Kier molecular flexibility index (Phi) is 3.30. The summed E-state index contributed by atoms with van der Waals surface area (Å²) in [7, 11) is 0. The number of benzene rings is 1. The first-order chi connectivity index (χ1) is 9.61. The van der Waals surface area contributed by atoms with Gasteiger partial charge in [-0.3, -0.25) is 0 Å². The lowest BCUT2D eigenvalue weighted by Gasteiger charge is -2.20. The maximum Gasteiger partial charge on any atom is 0.151 e. The van der Waals surface area contributed by atoms with Gasteiger partial charge in [0, 0.05) is 23.4 Å². The molecule has 20 heavy (non-hydrogen) atoms. The monoisotopic (exact) mass is 277 g/mol. The highest BCUT2D eigenvalue weighted by Crippen LogP contribution is 2.33. The van der Waals surface area contributed by atoms with Crippen LogP contribution in [0.25, 0.3) is 5.69 Å². The van der Waals surface area contributed by atoms with Crippen molar-refractivity contribution in [1.29, 1.82) is 0 Å². The lowest BCUT2D eigenvalue weighted by Crippen LogP contribution is -2.19. The first-order valence-corrected chi connectivity index (χ1v) is 6.93. The van der Waals surface area contributed by atoms with Crippen molar-refractivity contribution in [2.45, 2.75) is 38.6 Å². The molecule has 5 heteroatoms. The van der Waals surface area contributed by atoms with Crippen LogP contribution in [0.2, 0.25) is 0 Å². The van der Waals surface area contributed by atoms with Crippen LogP contribution in [0.5, 0.6) is 0 Å². The maximum absolute atomic E-state index is 14.0. The number of fused-ring (bicyclic) bond motifs is 1. The van der Waals surface area contributed by atoms with Gasteiger partial charge in [0.2, 0.25) is 0 Å². The van der Waals surface area contributed by atoms with E-state index in [0.29, 0.717) is 0 Å². The van der Waals surface area contributed by atoms with Crippen molar-refractivity contribution in [3.8, 4) is 5.69 Å². The molecule has 0 amide bonds. The number of hydrogen-bond acceptors (Lipinski definition) is 2. The molecule has 0 aliphatic heterocycles. The molecule has 0 saturated heterocycles. The molecule has 106 valence electrons. The quantitative estimate of drug-likeness (QED) is 0.917. The van der Waals surface area contributed by atoms with Crippen molar-refractivity contribution in [2.75, 3.05) is 0 Å². The summed E-state index contributed by atoms with van der Waals surface area (Å²) in [5, 5.41) is 4.50. The van der Waals surface area contributed by atoms with Crippen molar-refractivity contribution < 1.29 is 8.78 Å². The summed E-state index contributed by atoms with van der Waals surface area (Å²) >= 11 is 0.